The smallest absolute Gasteiger partial charge is 0.433 e. The molecule has 3 N–H and O–H groups in total. The number of aliphatic hydroxyl groups excluding tert-OH is 1. The summed E-state index contributed by atoms with van der Waals surface area (Å²) in [4.78, 5) is 39.4. The van der Waals surface area contributed by atoms with Crippen LogP contribution in [-0.2, 0) is 19.6 Å². The molecule has 1 fully saturated rings. The van der Waals surface area contributed by atoms with E-state index in [2.05, 4.69) is 15.6 Å². The summed E-state index contributed by atoms with van der Waals surface area (Å²) in [5.74, 6) is -2.81. The zero-order valence-corrected chi connectivity index (χ0v) is 20.5. The molecule has 0 aliphatic carbocycles. The molecule has 1 saturated heterocycles. The summed E-state index contributed by atoms with van der Waals surface area (Å²) >= 11 is 0. The lowest BCUT2D eigenvalue weighted by Gasteiger charge is -2.29. The first-order chi connectivity index (χ1) is 17.2. The maximum atomic E-state index is 13.1. The second kappa shape index (κ2) is 12.1. The topological polar surface area (TPSA) is 194 Å². The number of rotatable bonds is 9. The summed E-state index contributed by atoms with van der Waals surface area (Å²) in [7, 11) is -4.01. The van der Waals surface area contributed by atoms with Gasteiger partial charge in [0.2, 0.25) is 5.91 Å². The quantitative estimate of drug-likeness (QED) is 0.303. The first kappa shape index (κ1) is 27.3. The van der Waals surface area contributed by atoms with Crippen molar-refractivity contribution in [3.8, 4) is 0 Å². The highest BCUT2D eigenvalue weighted by Crippen LogP contribution is 2.22. The molecule has 2 aliphatic rings. The number of furan rings is 1. The SMILES string of the molecule is CCCC(NC(=O)c1ccc([N+](=O)[O-])o1)C(=O)N[C@H]1CCCN(S(=O)(=O)C2=NC=CCO2)CC1CO. The summed E-state index contributed by atoms with van der Waals surface area (Å²) in [5, 5.41) is 25.7. The number of hydrogen-bond donors (Lipinski definition) is 3. The predicted octanol–water partition coefficient (Wildman–Crippen LogP) is 0.505. The number of carbonyl (C=O) groups excluding carboxylic acids is 2. The van der Waals surface area contributed by atoms with Gasteiger partial charge in [-0.3, -0.25) is 19.7 Å². The van der Waals surface area contributed by atoms with Crippen molar-refractivity contribution in [2.75, 3.05) is 26.3 Å². The minimum atomic E-state index is -4.01. The van der Waals surface area contributed by atoms with Crippen LogP contribution in [0.1, 0.15) is 43.2 Å². The van der Waals surface area contributed by atoms with Crippen LogP contribution in [-0.4, -0.2) is 78.2 Å². The van der Waals surface area contributed by atoms with Gasteiger partial charge in [0.1, 0.15) is 17.6 Å². The third kappa shape index (κ3) is 6.47. The first-order valence-corrected chi connectivity index (χ1v) is 12.9. The van der Waals surface area contributed by atoms with Crippen molar-refractivity contribution in [3.63, 3.8) is 0 Å². The summed E-state index contributed by atoms with van der Waals surface area (Å²) < 4.78 is 37.1. The number of hydrogen-bond acceptors (Lipinski definition) is 10. The summed E-state index contributed by atoms with van der Waals surface area (Å²) in [5.41, 5.74) is 0. The zero-order valence-electron chi connectivity index (χ0n) is 19.7. The number of nitro groups is 1. The Labute approximate surface area is 207 Å². The van der Waals surface area contributed by atoms with Crippen molar-refractivity contribution in [1.82, 2.24) is 14.9 Å². The molecule has 2 aliphatic heterocycles. The fourth-order valence-electron chi connectivity index (χ4n) is 3.98. The second-order valence-corrected chi connectivity index (χ2v) is 10.2. The fourth-order valence-corrected chi connectivity index (χ4v) is 5.37. The first-order valence-electron chi connectivity index (χ1n) is 11.5. The number of sulfonamides is 1. The molecule has 2 unspecified atom stereocenters. The molecule has 0 saturated carbocycles. The molecule has 3 atom stereocenters. The molecule has 15 heteroatoms. The van der Waals surface area contributed by atoms with E-state index in [1.54, 1.807) is 6.08 Å². The normalized spacial score (nSPS) is 21.6. The minimum Gasteiger partial charge on any atom is -0.464 e. The lowest BCUT2D eigenvalue weighted by atomic mass is 9.97. The number of amides is 2. The van der Waals surface area contributed by atoms with Gasteiger partial charge in [-0.2, -0.15) is 4.31 Å². The Balaban J connectivity index is 1.68. The van der Waals surface area contributed by atoms with E-state index in [1.807, 2.05) is 6.92 Å². The highest BCUT2D eigenvalue weighted by molar-refractivity contribution is 8.04. The molecule has 198 valence electrons. The van der Waals surface area contributed by atoms with E-state index in [-0.39, 0.29) is 38.5 Å². The minimum absolute atomic E-state index is 0.0588. The van der Waals surface area contributed by atoms with Crippen LogP contribution in [0.5, 0.6) is 0 Å². The standard InChI is InChI=1S/C21H29N5O9S/c1-2-5-16(24-20(29)17-7-8-18(35-17)26(30)31)19(28)23-15-6-3-10-25(12-14(15)13-27)36(32,33)21-22-9-4-11-34-21/h4,7-9,14-16,27H,2-3,5-6,10-13H2,1H3,(H,23,28)(H,24,29)/t14?,15-,16?/m0/s1. The van der Waals surface area contributed by atoms with Crippen molar-refractivity contribution < 1.29 is 37.2 Å². The lowest BCUT2D eigenvalue weighted by molar-refractivity contribution is -0.402. The van der Waals surface area contributed by atoms with Gasteiger partial charge in [0.15, 0.2) is 5.76 Å². The Morgan fingerprint density at radius 2 is 2.17 bits per heavy atom. The third-order valence-corrected chi connectivity index (χ3v) is 7.51. The van der Waals surface area contributed by atoms with Gasteiger partial charge < -0.3 is 24.9 Å². The van der Waals surface area contributed by atoms with E-state index in [1.165, 1.54) is 10.5 Å². The van der Waals surface area contributed by atoms with Gasteiger partial charge in [-0.25, -0.2) is 13.4 Å². The van der Waals surface area contributed by atoms with Gasteiger partial charge in [-0.1, -0.05) is 13.3 Å². The van der Waals surface area contributed by atoms with Crippen molar-refractivity contribution in [2.45, 2.75) is 44.7 Å². The van der Waals surface area contributed by atoms with Gasteiger partial charge in [0, 0.05) is 37.9 Å². The molecule has 36 heavy (non-hydrogen) atoms. The summed E-state index contributed by atoms with van der Waals surface area (Å²) in [6.45, 7) is 1.62. The van der Waals surface area contributed by atoms with E-state index < -0.39 is 55.9 Å². The molecule has 0 aromatic carbocycles. The van der Waals surface area contributed by atoms with Crippen LogP contribution in [0.25, 0.3) is 0 Å². The Morgan fingerprint density at radius 1 is 1.39 bits per heavy atom. The highest BCUT2D eigenvalue weighted by Gasteiger charge is 2.37. The Morgan fingerprint density at radius 3 is 2.78 bits per heavy atom. The van der Waals surface area contributed by atoms with Crippen LogP contribution >= 0.6 is 0 Å². The van der Waals surface area contributed by atoms with Crippen LogP contribution in [0.3, 0.4) is 0 Å². The Bertz CT molecular complexity index is 1130. The second-order valence-electron chi connectivity index (χ2n) is 8.36. The predicted molar refractivity (Wildman–Crippen MR) is 126 cm³/mol. The molecule has 0 spiro atoms. The van der Waals surface area contributed by atoms with E-state index in [0.717, 1.165) is 12.1 Å². The monoisotopic (exact) mass is 527 g/mol. The van der Waals surface area contributed by atoms with Crippen LogP contribution in [0.4, 0.5) is 5.88 Å². The highest BCUT2D eigenvalue weighted by atomic mass is 32.2. The Hall–Kier alpha value is -3.30. The molecule has 0 bridgehead atoms. The van der Waals surface area contributed by atoms with Crippen molar-refractivity contribution in [3.05, 3.63) is 40.3 Å². The molecule has 3 heterocycles. The van der Waals surface area contributed by atoms with E-state index in [9.17, 15) is 33.2 Å². The van der Waals surface area contributed by atoms with Gasteiger partial charge in [0.05, 0.1) is 6.07 Å². The Kier molecular flexibility index (Phi) is 9.17. The molecule has 1 aromatic rings. The summed E-state index contributed by atoms with van der Waals surface area (Å²) in [6.07, 6.45) is 4.56. The number of nitrogens with zero attached hydrogens (tertiary/aromatic N) is 3. The maximum absolute atomic E-state index is 13.1. The third-order valence-electron chi connectivity index (χ3n) is 5.84. The van der Waals surface area contributed by atoms with Gasteiger partial charge in [-0.15, -0.1) is 0 Å². The molecule has 1 aromatic heterocycles. The van der Waals surface area contributed by atoms with Crippen LogP contribution in [0.2, 0.25) is 0 Å². The van der Waals surface area contributed by atoms with Crippen LogP contribution < -0.4 is 10.6 Å². The van der Waals surface area contributed by atoms with E-state index >= 15 is 0 Å². The average Bonchev–Trinajstić information content (AvgIpc) is 3.27. The molecule has 3 rings (SSSR count). The molecular formula is C21H29N5O9S. The number of aliphatic imine (C=N–C) groups is 1. The zero-order chi connectivity index (χ0) is 26.3. The molecule has 2 amide bonds. The summed E-state index contributed by atoms with van der Waals surface area (Å²) in [6, 6.07) is 0.664. The van der Waals surface area contributed by atoms with E-state index in [0.29, 0.717) is 19.3 Å². The largest absolute Gasteiger partial charge is 0.464 e. The van der Waals surface area contributed by atoms with Crippen molar-refractivity contribution in [2.24, 2.45) is 10.9 Å². The lowest BCUT2D eigenvalue weighted by Crippen LogP contribution is -2.52. The van der Waals surface area contributed by atoms with Gasteiger partial charge in [0.25, 0.3) is 15.9 Å². The molecule has 14 nitrogen and oxygen atoms in total. The number of nitrogens with one attached hydrogen (secondary N) is 2. The van der Waals surface area contributed by atoms with Crippen molar-refractivity contribution in [1.29, 1.82) is 0 Å². The van der Waals surface area contributed by atoms with E-state index in [4.69, 9.17) is 9.15 Å². The molecular weight excluding hydrogens is 498 g/mol. The maximum Gasteiger partial charge on any atom is 0.433 e. The van der Waals surface area contributed by atoms with Crippen LogP contribution in [0, 0.1) is 16.0 Å². The number of aliphatic hydroxyl groups is 1. The average molecular weight is 528 g/mol. The number of carbonyl (C=O) groups is 2. The molecule has 0 radical (unpaired) electrons. The fraction of sp³-hybridized carbons (Fsp3) is 0.571. The van der Waals surface area contributed by atoms with Crippen LogP contribution in [0.15, 0.2) is 33.8 Å². The van der Waals surface area contributed by atoms with Gasteiger partial charge in [-0.05, 0) is 31.4 Å². The van der Waals surface area contributed by atoms with Crippen molar-refractivity contribution >= 4 is 33.0 Å². The van der Waals surface area contributed by atoms with Gasteiger partial charge >= 0.3 is 11.1 Å². The number of ether oxygens (including phenoxy) is 1.